The predicted octanol–water partition coefficient (Wildman–Crippen LogP) is 2.60. The van der Waals surface area contributed by atoms with Gasteiger partial charge in [-0.05, 0) is 34.1 Å². The summed E-state index contributed by atoms with van der Waals surface area (Å²) in [6.45, 7) is 10.6. The number of rotatable bonds is 4. The summed E-state index contributed by atoms with van der Waals surface area (Å²) < 4.78 is 5.25. The van der Waals surface area contributed by atoms with Crippen molar-refractivity contribution in [1.82, 2.24) is 0 Å². The third-order valence-electron chi connectivity index (χ3n) is 1.06. The fourth-order valence-corrected chi connectivity index (χ4v) is 0.702. The molecule has 0 aliphatic rings. The molecule has 1 N–H and O–H groups in total. The van der Waals surface area contributed by atoms with E-state index in [0.717, 1.165) is 12.8 Å². The van der Waals surface area contributed by atoms with Crippen molar-refractivity contribution in [3.63, 3.8) is 0 Å². The summed E-state index contributed by atoms with van der Waals surface area (Å²) in [4.78, 5) is 0. The molecule has 0 saturated carbocycles. The Kier molecular flexibility index (Phi) is 13.1. The lowest BCUT2D eigenvalue weighted by Crippen LogP contribution is -2.09. The molecule has 0 saturated heterocycles. The molecule has 0 radical (unpaired) electrons. The predicted molar refractivity (Wildman–Crippen MR) is 53.4 cm³/mol. The number of unbranched alkanes of at least 4 members (excludes halogenated alkanes) is 1. The Balaban J connectivity index is 0. The van der Waals surface area contributed by atoms with E-state index >= 15 is 0 Å². The Morgan fingerprint density at radius 2 is 1.50 bits per heavy atom. The standard InChI is InChI=1S/C6H14O.C4H10O/c1-5(2)7-6(3)4;1-2-3-4-5/h5-6H,1-4H3;5H,2-4H2,1H3. The van der Waals surface area contributed by atoms with Gasteiger partial charge in [0.05, 0.1) is 12.2 Å². The first-order chi connectivity index (χ1) is 5.54. The van der Waals surface area contributed by atoms with Gasteiger partial charge in [0.15, 0.2) is 0 Å². The molecule has 12 heavy (non-hydrogen) atoms. The van der Waals surface area contributed by atoms with E-state index in [2.05, 4.69) is 6.92 Å². The normalized spacial score (nSPS) is 10.0. The summed E-state index contributed by atoms with van der Waals surface area (Å²) >= 11 is 0. The van der Waals surface area contributed by atoms with Crippen LogP contribution < -0.4 is 0 Å². The smallest absolute Gasteiger partial charge is 0.0522 e. The zero-order chi connectivity index (χ0) is 9.98. The van der Waals surface area contributed by atoms with Crippen LogP contribution in [-0.2, 0) is 4.74 Å². The Morgan fingerprint density at radius 1 is 1.08 bits per heavy atom. The van der Waals surface area contributed by atoms with Gasteiger partial charge in [-0.2, -0.15) is 0 Å². The maximum atomic E-state index is 8.07. The number of aliphatic hydroxyl groups excluding tert-OH is 1. The van der Waals surface area contributed by atoms with Crippen LogP contribution in [0, 0.1) is 0 Å². The summed E-state index contributed by atoms with van der Waals surface area (Å²) in [5, 5.41) is 8.07. The molecule has 0 fully saturated rings. The monoisotopic (exact) mass is 176 g/mol. The minimum atomic E-state index is 0.344. The molecule has 76 valence electrons. The van der Waals surface area contributed by atoms with E-state index in [-0.39, 0.29) is 0 Å². The highest BCUT2D eigenvalue weighted by Crippen LogP contribution is 1.93. The first kappa shape index (κ1) is 14.4. The van der Waals surface area contributed by atoms with Gasteiger partial charge in [0.2, 0.25) is 0 Å². The summed E-state index contributed by atoms with van der Waals surface area (Å²) in [6, 6.07) is 0. The molecule has 0 heterocycles. The van der Waals surface area contributed by atoms with Gasteiger partial charge < -0.3 is 9.84 Å². The second-order valence-electron chi connectivity index (χ2n) is 3.31. The summed E-state index contributed by atoms with van der Waals surface area (Å²) in [5.41, 5.74) is 0. The highest BCUT2D eigenvalue weighted by atomic mass is 16.5. The molecule has 0 atom stereocenters. The van der Waals surface area contributed by atoms with Crippen molar-refractivity contribution < 1.29 is 9.84 Å². The third kappa shape index (κ3) is 22.5. The number of hydrogen-bond donors (Lipinski definition) is 1. The number of aliphatic hydroxyl groups is 1. The Hall–Kier alpha value is -0.0800. The molecule has 0 aromatic rings. The number of hydrogen-bond acceptors (Lipinski definition) is 2. The third-order valence-corrected chi connectivity index (χ3v) is 1.06. The van der Waals surface area contributed by atoms with Crippen LogP contribution in [-0.4, -0.2) is 23.9 Å². The van der Waals surface area contributed by atoms with Crippen molar-refractivity contribution in [2.75, 3.05) is 6.61 Å². The van der Waals surface area contributed by atoms with Crippen molar-refractivity contribution in [3.8, 4) is 0 Å². The average Bonchev–Trinajstić information content (AvgIpc) is 1.87. The fraction of sp³-hybridized carbons (Fsp3) is 1.00. The molecule has 0 aliphatic heterocycles. The Labute approximate surface area is 76.9 Å². The van der Waals surface area contributed by atoms with E-state index in [0.29, 0.717) is 18.8 Å². The SMILES string of the molecule is CC(C)OC(C)C.CCCCO. The molecular formula is C10H24O2. The maximum absolute atomic E-state index is 8.07. The fourth-order valence-electron chi connectivity index (χ4n) is 0.702. The lowest BCUT2D eigenvalue weighted by atomic mass is 10.4. The maximum Gasteiger partial charge on any atom is 0.0522 e. The van der Waals surface area contributed by atoms with Crippen LogP contribution in [0.5, 0.6) is 0 Å². The number of ether oxygens (including phenoxy) is 1. The first-order valence-corrected chi connectivity index (χ1v) is 4.80. The molecule has 0 aromatic carbocycles. The van der Waals surface area contributed by atoms with E-state index in [4.69, 9.17) is 9.84 Å². The summed E-state index contributed by atoms with van der Waals surface area (Å²) in [7, 11) is 0. The molecule has 0 aromatic heterocycles. The highest BCUT2D eigenvalue weighted by molar-refractivity contribution is 4.40. The molecule has 2 nitrogen and oxygen atoms in total. The van der Waals surface area contributed by atoms with Crippen LogP contribution in [0.15, 0.2) is 0 Å². The second-order valence-corrected chi connectivity index (χ2v) is 3.31. The second kappa shape index (κ2) is 10.9. The van der Waals surface area contributed by atoms with Crippen LogP contribution >= 0.6 is 0 Å². The van der Waals surface area contributed by atoms with Gasteiger partial charge >= 0.3 is 0 Å². The van der Waals surface area contributed by atoms with Crippen molar-refractivity contribution in [2.45, 2.75) is 59.7 Å². The van der Waals surface area contributed by atoms with Gasteiger partial charge in [0.1, 0.15) is 0 Å². The zero-order valence-corrected chi connectivity index (χ0v) is 9.13. The van der Waals surface area contributed by atoms with E-state index in [1.807, 2.05) is 27.7 Å². The van der Waals surface area contributed by atoms with Gasteiger partial charge in [-0.25, -0.2) is 0 Å². The molecule has 0 spiro atoms. The van der Waals surface area contributed by atoms with Gasteiger partial charge in [-0.1, -0.05) is 13.3 Å². The minimum Gasteiger partial charge on any atom is -0.396 e. The van der Waals surface area contributed by atoms with E-state index in [9.17, 15) is 0 Å². The van der Waals surface area contributed by atoms with Crippen molar-refractivity contribution in [1.29, 1.82) is 0 Å². The van der Waals surface area contributed by atoms with E-state index in [1.54, 1.807) is 0 Å². The summed E-state index contributed by atoms with van der Waals surface area (Å²) in [6.07, 6.45) is 2.79. The largest absolute Gasteiger partial charge is 0.396 e. The van der Waals surface area contributed by atoms with Gasteiger partial charge in [-0.15, -0.1) is 0 Å². The van der Waals surface area contributed by atoms with Gasteiger partial charge in [0.25, 0.3) is 0 Å². The molecule has 0 unspecified atom stereocenters. The van der Waals surface area contributed by atoms with E-state index < -0.39 is 0 Å². The van der Waals surface area contributed by atoms with Crippen molar-refractivity contribution >= 4 is 0 Å². The van der Waals surface area contributed by atoms with Crippen LogP contribution in [0.4, 0.5) is 0 Å². The lowest BCUT2D eigenvalue weighted by Gasteiger charge is -2.09. The minimum absolute atomic E-state index is 0.344. The van der Waals surface area contributed by atoms with Gasteiger partial charge in [-0.3, -0.25) is 0 Å². The highest BCUT2D eigenvalue weighted by Gasteiger charge is 1.94. The van der Waals surface area contributed by atoms with Crippen LogP contribution in [0.3, 0.4) is 0 Å². The Bertz CT molecular complexity index is 62.2. The van der Waals surface area contributed by atoms with Crippen LogP contribution in [0.1, 0.15) is 47.5 Å². The molecule has 2 heteroatoms. The van der Waals surface area contributed by atoms with Crippen LogP contribution in [0.2, 0.25) is 0 Å². The topological polar surface area (TPSA) is 29.5 Å². The quantitative estimate of drug-likeness (QED) is 0.713. The van der Waals surface area contributed by atoms with Gasteiger partial charge in [0, 0.05) is 6.61 Å². The van der Waals surface area contributed by atoms with Crippen LogP contribution in [0.25, 0.3) is 0 Å². The molecular weight excluding hydrogens is 152 g/mol. The van der Waals surface area contributed by atoms with Crippen molar-refractivity contribution in [3.05, 3.63) is 0 Å². The van der Waals surface area contributed by atoms with E-state index in [1.165, 1.54) is 0 Å². The van der Waals surface area contributed by atoms with Crippen molar-refractivity contribution in [2.24, 2.45) is 0 Å². The molecule has 0 bridgehead atoms. The average molecular weight is 176 g/mol. The summed E-state index contributed by atoms with van der Waals surface area (Å²) in [5.74, 6) is 0. The molecule has 0 rings (SSSR count). The Morgan fingerprint density at radius 3 is 1.50 bits per heavy atom. The lowest BCUT2D eigenvalue weighted by molar-refractivity contribution is 0.0300. The first-order valence-electron chi connectivity index (χ1n) is 4.80. The zero-order valence-electron chi connectivity index (χ0n) is 9.13. The molecule has 0 aliphatic carbocycles. The molecule has 0 amide bonds.